The smallest absolute Gasteiger partial charge is 0.167 e. The maximum atomic E-state index is 11.6. The van der Waals surface area contributed by atoms with Gasteiger partial charge in [-0.3, -0.25) is 0 Å². The Morgan fingerprint density at radius 1 is 1.25 bits per heavy atom. The van der Waals surface area contributed by atoms with Gasteiger partial charge in [-0.1, -0.05) is 37.3 Å². The van der Waals surface area contributed by atoms with E-state index >= 15 is 0 Å². The first-order valence-electron chi connectivity index (χ1n) is 5.46. The molecule has 1 aromatic rings. The third kappa shape index (κ3) is 4.14. The zero-order valence-electron chi connectivity index (χ0n) is 9.40. The molecule has 0 aliphatic rings. The van der Waals surface area contributed by atoms with Crippen LogP contribution in [-0.2, 0) is 16.3 Å². The molecule has 1 aromatic carbocycles. The number of sulfone groups is 1. The number of hydrogen-bond acceptors (Lipinski definition) is 2. The van der Waals surface area contributed by atoms with E-state index in [9.17, 15) is 8.42 Å². The summed E-state index contributed by atoms with van der Waals surface area (Å²) in [5.74, 6) is 0.171. The molecule has 0 unspecified atom stereocenters. The highest BCUT2D eigenvalue weighted by Gasteiger charge is 2.20. The van der Waals surface area contributed by atoms with Crippen LogP contribution in [0.25, 0.3) is 0 Å². The first-order chi connectivity index (χ1) is 7.56. The molecule has 0 radical (unpaired) electrons. The molecule has 1 atom stereocenters. The fourth-order valence-electron chi connectivity index (χ4n) is 1.50. The molecule has 0 aliphatic carbocycles. The summed E-state index contributed by atoms with van der Waals surface area (Å²) >= 11 is 5.75. The van der Waals surface area contributed by atoms with Crippen molar-refractivity contribution in [3.05, 3.63) is 35.9 Å². The molecule has 90 valence electrons. The van der Waals surface area contributed by atoms with E-state index in [-0.39, 0.29) is 5.75 Å². The van der Waals surface area contributed by atoms with E-state index in [2.05, 4.69) is 0 Å². The Morgan fingerprint density at radius 3 is 2.44 bits per heavy atom. The van der Waals surface area contributed by atoms with Crippen LogP contribution < -0.4 is 0 Å². The van der Waals surface area contributed by atoms with E-state index in [0.29, 0.717) is 12.8 Å². The van der Waals surface area contributed by atoms with Crippen LogP contribution in [0.2, 0.25) is 0 Å². The topological polar surface area (TPSA) is 34.1 Å². The van der Waals surface area contributed by atoms with Crippen LogP contribution in [0.3, 0.4) is 0 Å². The van der Waals surface area contributed by atoms with Gasteiger partial charge in [0.1, 0.15) is 4.71 Å². The number of hydrogen-bond donors (Lipinski definition) is 0. The Labute approximate surface area is 103 Å². The Hall–Kier alpha value is -0.540. The molecule has 0 aliphatic heterocycles. The van der Waals surface area contributed by atoms with E-state index in [1.54, 1.807) is 6.92 Å². The summed E-state index contributed by atoms with van der Waals surface area (Å²) < 4.78 is 22.5. The lowest BCUT2D eigenvalue weighted by Crippen LogP contribution is -2.18. The van der Waals surface area contributed by atoms with E-state index in [0.717, 1.165) is 6.42 Å². The lowest BCUT2D eigenvalue weighted by molar-refractivity contribution is 0.588. The molecule has 0 aromatic heterocycles. The van der Waals surface area contributed by atoms with Gasteiger partial charge < -0.3 is 0 Å². The van der Waals surface area contributed by atoms with Crippen molar-refractivity contribution < 1.29 is 8.42 Å². The number of benzene rings is 1. The minimum absolute atomic E-state index is 0.171. The molecule has 2 nitrogen and oxygen atoms in total. The molecular weight excluding hydrogens is 244 g/mol. The molecule has 1 rings (SSSR count). The van der Waals surface area contributed by atoms with Crippen LogP contribution in [0.15, 0.2) is 30.3 Å². The van der Waals surface area contributed by atoms with Gasteiger partial charge in [0.2, 0.25) is 0 Å². The lowest BCUT2D eigenvalue weighted by atomic mass is 10.1. The molecule has 0 bridgehead atoms. The number of alkyl halides is 1. The van der Waals surface area contributed by atoms with Crippen LogP contribution in [0, 0.1) is 0 Å². The molecule has 0 saturated carbocycles. The van der Waals surface area contributed by atoms with Gasteiger partial charge in [0.15, 0.2) is 9.84 Å². The summed E-state index contributed by atoms with van der Waals surface area (Å²) in [6.07, 6.45) is 1.89. The Kier molecular flexibility index (Phi) is 5.29. The SMILES string of the molecule is CC[C@H](Cl)S(=O)(=O)CCCc1ccccc1. The molecular formula is C12H17ClO2S. The van der Waals surface area contributed by atoms with Crippen molar-refractivity contribution in [2.24, 2.45) is 0 Å². The van der Waals surface area contributed by atoms with Crippen LogP contribution in [0.5, 0.6) is 0 Å². The number of halogens is 1. The van der Waals surface area contributed by atoms with Crippen molar-refractivity contribution in [3.63, 3.8) is 0 Å². The van der Waals surface area contributed by atoms with Gasteiger partial charge in [-0.25, -0.2) is 8.42 Å². The standard InChI is InChI=1S/C12H17ClO2S/c1-2-12(13)16(14,15)10-6-9-11-7-4-3-5-8-11/h3-5,7-8,12H,2,6,9-10H2,1H3/t12-/m1/s1. The second-order valence-corrected chi connectivity index (χ2v) is 6.86. The van der Waals surface area contributed by atoms with Gasteiger partial charge >= 0.3 is 0 Å². The van der Waals surface area contributed by atoms with Gasteiger partial charge in [0, 0.05) is 0 Å². The summed E-state index contributed by atoms with van der Waals surface area (Å²) in [5, 5.41) is 0. The zero-order chi connectivity index (χ0) is 12.0. The highest BCUT2D eigenvalue weighted by molar-refractivity contribution is 7.93. The second-order valence-electron chi connectivity index (χ2n) is 3.77. The van der Waals surface area contributed by atoms with E-state index < -0.39 is 14.5 Å². The van der Waals surface area contributed by atoms with Crippen molar-refractivity contribution in [2.75, 3.05) is 5.75 Å². The lowest BCUT2D eigenvalue weighted by Gasteiger charge is -2.08. The third-order valence-corrected chi connectivity index (χ3v) is 5.54. The molecule has 0 saturated heterocycles. The average Bonchev–Trinajstić information content (AvgIpc) is 2.29. The summed E-state index contributed by atoms with van der Waals surface area (Å²) in [6.45, 7) is 1.78. The minimum Gasteiger partial charge on any atom is -0.227 e. The fraction of sp³-hybridized carbons (Fsp3) is 0.500. The third-order valence-electron chi connectivity index (χ3n) is 2.45. The summed E-state index contributed by atoms with van der Waals surface area (Å²) in [7, 11) is -3.12. The average molecular weight is 261 g/mol. The monoisotopic (exact) mass is 260 g/mol. The van der Waals surface area contributed by atoms with Crippen molar-refractivity contribution in [2.45, 2.75) is 30.9 Å². The van der Waals surface area contributed by atoms with Gasteiger partial charge in [-0.15, -0.1) is 11.6 Å². The number of rotatable bonds is 6. The summed E-state index contributed by atoms with van der Waals surface area (Å²) in [5.41, 5.74) is 1.17. The molecule has 0 heterocycles. The molecule has 0 amide bonds. The second kappa shape index (κ2) is 6.26. The predicted molar refractivity (Wildman–Crippen MR) is 68.5 cm³/mol. The maximum absolute atomic E-state index is 11.6. The Morgan fingerprint density at radius 2 is 1.88 bits per heavy atom. The van der Waals surface area contributed by atoms with Crippen molar-refractivity contribution in [3.8, 4) is 0 Å². The largest absolute Gasteiger partial charge is 0.227 e. The van der Waals surface area contributed by atoms with E-state index in [1.165, 1.54) is 5.56 Å². The first-order valence-corrected chi connectivity index (χ1v) is 7.61. The highest BCUT2D eigenvalue weighted by atomic mass is 35.5. The predicted octanol–water partition coefficient (Wildman–Crippen LogP) is 3.01. The van der Waals surface area contributed by atoms with Gasteiger partial charge in [0.05, 0.1) is 5.75 Å². The maximum Gasteiger partial charge on any atom is 0.167 e. The zero-order valence-corrected chi connectivity index (χ0v) is 11.0. The quantitative estimate of drug-likeness (QED) is 0.737. The molecule has 16 heavy (non-hydrogen) atoms. The first kappa shape index (κ1) is 13.5. The van der Waals surface area contributed by atoms with Crippen LogP contribution >= 0.6 is 11.6 Å². The van der Waals surface area contributed by atoms with Gasteiger partial charge in [0.25, 0.3) is 0 Å². The Balaban J connectivity index is 2.42. The fourth-order valence-corrected chi connectivity index (χ4v) is 3.08. The Bertz CT molecular complexity index is 400. The molecule has 0 N–H and O–H groups in total. The van der Waals surface area contributed by atoms with Gasteiger partial charge in [-0.05, 0) is 24.8 Å². The van der Waals surface area contributed by atoms with E-state index in [1.807, 2.05) is 30.3 Å². The minimum atomic E-state index is -3.12. The molecule has 4 heteroatoms. The number of aryl methyl sites for hydroxylation is 1. The van der Waals surface area contributed by atoms with Gasteiger partial charge in [-0.2, -0.15) is 0 Å². The van der Waals surface area contributed by atoms with Crippen molar-refractivity contribution >= 4 is 21.4 Å². The van der Waals surface area contributed by atoms with E-state index in [4.69, 9.17) is 11.6 Å². The normalized spacial score (nSPS) is 13.6. The summed E-state index contributed by atoms with van der Waals surface area (Å²) in [6, 6.07) is 9.88. The van der Waals surface area contributed by atoms with Crippen LogP contribution in [-0.4, -0.2) is 18.9 Å². The summed E-state index contributed by atoms with van der Waals surface area (Å²) in [4.78, 5) is 0. The van der Waals surface area contributed by atoms with Crippen molar-refractivity contribution in [1.82, 2.24) is 0 Å². The molecule has 0 spiro atoms. The van der Waals surface area contributed by atoms with Crippen molar-refractivity contribution in [1.29, 1.82) is 0 Å². The molecule has 0 fully saturated rings. The highest BCUT2D eigenvalue weighted by Crippen LogP contribution is 2.13. The van der Waals surface area contributed by atoms with Crippen LogP contribution in [0.4, 0.5) is 0 Å². The van der Waals surface area contributed by atoms with Crippen LogP contribution in [0.1, 0.15) is 25.3 Å².